The SMILES string of the molecule is CN(C)c1ccc(NC(=O)C(F)(F)F)cc1C#N. The Balaban J connectivity index is 3.01. The van der Waals surface area contributed by atoms with E-state index in [4.69, 9.17) is 5.26 Å². The number of alkyl halides is 3. The predicted molar refractivity (Wildman–Crippen MR) is 60.2 cm³/mol. The second-order valence-electron chi connectivity index (χ2n) is 3.69. The van der Waals surface area contributed by atoms with E-state index in [1.54, 1.807) is 24.3 Å². The fraction of sp³-hybridized carbons (Fsp3) is 0.273. The van der Waals surface area contributed by atoms with Crippen molar-refractivity contribution in [1.82, 2.24) is 0 Å². The van der Waals surface area contributed by atoms with Gasteiger partial charge in [0.25, 0.3) is 0 Å². The van der Waals surface area contributed by atoms with Gasteiger partial charge in [-0.15, -0.1) is 0 Å². The van der Waals surface area contributed by atoms with Gasteiger partial charge in [0, 0.05) is 19.8 Å². The predicted octanol–water partition coefficient (Wildman–Crippen LogP) is 2.13. The molecule has 0 bridgehead atoms. The lowest BCUT2D eigenvalue weighted by molar-refractivity contribution is -0.167. The molecule has 0 saturated heterocycles. The summed E-state index contributed by atoms with van der Waals surface area (Å²) in [6, 6.07) is 5.82. The molecule has 0 fully saturated rings. The van der Waals surface area contributed by atoms with Crippen molar-refractivity contribution in [3.63, 3.8) is 0 Å². The first-order chi connectivity index (χ1) is 8.25. The average Bonchev–Trinajstić information content (AvgIpc) is 2.27. The highest BCUT2D eigenvalue weighted by molar-refractivity contribution is 5.95. The molecule has 0 aliphatic rings. The van der Waals surface area contributed by atoms with E-state index in [-0.39, 0.29) is 11.3 Å². The van der Waals surface area contributed by atoms with E-state index in [9.17, 15) is 18.0 Å². The van der Waals surface area contributed by atoms with Crippen molar-refractivity contribution >= 4 is 17.3 Å². The number of nitriles is 1. The number of hydrogen-bond donors (Lipinski definition) is 1. The van der Waals surface area contributed by atoms with Gasteiger partial charge in [0.1, 0.15) is 6.07 Å². The molecule has 4 nitrogen and oxygen atoms in total. The molecule has 1 amide bonds. The summed E-state index contributed by atoms with van der Waals surface area (Å²) in [7, 11) is 3.40. The lowest BCUT2D eigenvalue weighted by Crippen LogP contribution is -2.30. The largest absolute Gasteiger partial charge is 0.471 e. The Kier molecular flexibility index (Phi) is 3.81. The minimum Gasteiger partial charge on any atom is -0.377 e. The van der Waals surface area contributed by atoms with Crippen molar-refractivity contribution in [3.05, 3.63) is 23.8 Å². The number of nitrogens with one attached hydrogen (secondary N) is 1. The van der Waals surface area contributed by atoms with Crippen molar-refractivity contribution < 1.29 is 18.0 Å². The molecule has 0 unspecified atom stereocenters. The van der Waals surface area contributed by atoms with Crippen LogP contribution in [0.1, 0.15) is 5.56 Å². The van der Waals surface area contributed by atoms with E-state index in [2.05, 4.69) is 0 Å². The smallest absolute Gasteiger partial charge is 0.377 e. The number of carbonyl (C=O) groups excluding carboxylic acids is 1. The van der Waals surface area contributed by atoms with Crippen LogP contribution in [0.5, 0.6) is 0 Å². The molecule has 0 aromatic heterocycles. The van der Waals surface area contributed by atoms with Gasteiger partial charge in [0.15, 0.2) is 0 Å². The Hall–Kier alpha value is -2.23. The topological polar surface area (TPSA) is 56.1 Å². The summed E-state index contributed by atoms with van der Waals surface area (Å²) in [6.07, 6.45) is -4.95. The van der Waals surface area contributed by atoms with Crippen molar-refractivity contribution in [2.45, 2.75) is 6.18 Å². The van der Waals surface area contributed by atoms with Crippen LogP contribution in [-0.4, -0.2) is 26.2 Å². The van der Waals surface area contributed by atoms with E-state index in [0.717, 1.165) is 0 Å². The number of hydrogen-bond acceptors (Lipinski definition) is 3. The molecule has 0 heterocycles. The zero-order valence-electron chi connectivity index (χ0n) is 9.67. The van der Waals surface area contributed by atoms with Crippen molar-refractivity contribution in [2.75, 3.05) is 24.3 Å². The van der Waals surface area contributed by atoms with Crippen molar-refractivity contribution in [1.29, 1.82) is 5.26 Å². The second kappa shape index (κ2) is 4.96. The van der Waals surface area contributed by atoms with Gasteiger partial charge in [-0.05, 0) is 18.2 Å². The number of anilines is 2. The Labute approximate surface area is 102 Å². The van der Waals surface area contributed by atoms with Crippen LogP contribution < -0.4 is 10.2 Å². The Morgan fingerprint density at radius 2 is 2.00 bits per heavy atom. The molecule has 0 saturated carbocycles. The lowest BCUT2D eigenvalue weighted by atomic mass is 10.1. The summed E-state index contributed by atoms with van der Waals surface area (Å²) in [5.41, 5.74) is 0.668. The lowest BCUT2D eigenvalue weighted by Gasteiger charge is -2.15. The van der Waals surface area contributed by atoms with E-state index in [0.29, 0.717) is 5.69 Å². The third-order valence-corrected chi connectivity index (χ3v) is 2.11. The van der Waals surface area contributed by atoms with E-state index in [1.807, 2.05) is 6.07 Å². The Morgan fingerprint density at radius 3 is 2.44 bits per heavy atom. The molecular formula is C11H10F3N3O. The standard InChI is InChI=1S/C11H10F3N3O/c1-17(2)9-4-3-8(5-7(9)6-15)16-10(18)11(12,13)14/h3-5H,1-2H3,(H,16,18). The first kappa shape index (κ1) is 13.8. The van der Waals surface area contributed by atoms with E-state index < -0.39 is 12.1 Å². The molecule has 0 aliphatic heterocycles. The third kappa shape index (κ3) is 3.13. The molecule has 1 aromatic rings. The molecule has 1 N–H and O–H groups in total. The molecule has 0 radical (unpaired) electrons. The van der Waals surface area contributed by atoms with Crippen LogP contribution in [0, 0.1) is 11.3 Å². The monoisotopic (exact) mass is 257 g/mol. The number of carbonyl (C=O) groups is 1. The fourth-order valence-electron chi connectivity index (χ4n) is 1.30. The van der Waals surface area contributed by atoms with Crippen LogP contribution in [0.2, 0.25) is 0 Å². The second-order valence-corrected chi connectivity index (χ2v) is 3.69. The van der Waals surface area contributed by atoms with Gasteiger partial charge in [0.05, 0.1) is 11.3 Å². The van der Waals surface area contributed by atoms with Gasteiger partial charge in [-0.2, -0.15) is 18.4 Å². The number of rotatable bonds is 2. The molecule has 0 aliphatic carbocycles. The summed E-state index contributed by atoms with van der Waals surface area (Å²) in [5.74, 6) is -2.07. The van der Waals surface area contributed by atoms with Crippen LogP contribution in [0.25, 0.3) is 0 Å². The summed E-state index contributed by atoms with van der Waals surface area (Å²) in [5, 5.41) is 10.6. The quantitative estimate of drug-likeness (QED) is 0.882. The molecular weight excluding hydrogens is 247 g/mol. The van der Waals surface area contributed by atoms with Crippen LogP contribution in [0.3, 0.4) is 0 Å². The molecule has 1 aromatic carbocycles. The van der Waals surface area contributed by atoms with Crippen LogP contribution >= 0.6 is 0 Å². The average molecular weight is 257 g/mol. The number of benzene rings is 1. The molecule has 7 heteroatoms. The summed E-state index contributed by atoms with van der Waals surface area (Å²) in [6.45, 7) is 0. The molecule has 0 spiro atoms. The number of halogens is 3. The van der Waals surface area contributed by atoms with Gasteiger partial charge in [-0.3, -0.25) is 4.79 Å². The number of nitrogens with zero attached hydrogens (tertiary/aromatic N) is 2. The van der Waals surface area contributed by atoms with Crippen LogP contribution in [-0.2, 0) is 4.79 Å². The van der Waals surface area contributed by atoms with Crippen LogP contribution in [0.15, 0.2) is 18.2 Å². The Morgan fingerprint density at radius 1 is 1.39 bits per heavy atom. The van der Waals surface area contributed by atoms with Crippen LogP contribution in [0.4, 0.5) is 24.5 Å². The van der Waals surface area contributed by atoms with Gasteiger partial charge < -0.3 is 10.2 Å². The van der Waals surface area contributed by atoms with E-state index in [1.165, 1.54) is 18.2 Å². The first-order valence-corrected chi connectivity index (χ1v) is 4.85. The van der Waals surface area contributed by atoms with Crippen molar-refractivity contribution in [2.24, 2.45) is 0 Å². The summed E-state index contributed by atoms with van der Waals surface area (Å²) in [4.78, 5) is 12.4. The molecule has 96 valence electrons. The minimum absolute atomic E-state index is 0.0699. The normalized spacial score (nSPS) is 10.7. The van der Waals surface area contributed by atoms with Gasteiger partial charge >= 0.3 is 12.1 Å². The van der Waals surface area contributed by atoms with Gasteiger partial charge in [0.2, 0.25) is 0 Å². The van der Waals surface area contributed by atoms with E-state index >= 15 is 0 Å². The summed E-state index contributed by atoms with van der Waals surface area (Å²) >= 11 is 0. The maximum atomic E-state index is 12.0. The van der Waals surface area contributed by atoms with Gasteiger partial charge in [-0.1, -0.05) is 0 Å². The molecule has 1 rings (SSSR count). The highest BCUT2D eigenvalue weighted by Crippen LogP contribution is 2.24. The highest BCUT2D eigenvalue weighted by Gasteiger charge is 2.38. The van der Waals surface area contributed by atoms with Gasteiger partial charge in [-0.25, -0.2) is 0 Å². The Bertz CT molecular complexity index is 503. The minimum atomic E-state index is -4.95. The zero-order chi connectivity index (χ0) is 13.9. The fourth-order valence-corrected chi connectivity index (χ4v) is 1.30. The molecule has 18 heavy (non-hydrogen) atoms. The maximum absolute atomic E-state index is 12.0. The maximum Gasteiger partial charge on any atom is 0.471 e. The highest BCUT2D eigenvalue weighted by atomic mass is 19.4. The molecule has 0 atom stereocenters. The first-order valence-electron chi connectivity index (χ1n) is 4.85. The third-order valence-electron chi connectivity index (χ3n) is 2.11. The summed E-state index contributed by atoms with van der Waals surface area (Å²) < 4.78 is 36.1. The number of amides is 1. The van der Waals surface area contributed by atoms with Crippen molar-refractivity contribution in [3.8, 4) is 6.07 Å². The zero-order valence-corrected chi connectivity index (χ0v) is 9.67.